The van der Waals surface area contributed by atoms with Crippen LogP contribution in [-0.4, -0.2) is 58.9 Å². The first-order chi connectivity index (χ1) is 16.1. The number of hydrogen-bond donors (Lipinski definition) is 0. The van der Waals surface area contributed by atoms with E-state index in [0.29, 0.717) is 10.8 Å². The Morgan fingerprint density at radius 2 is 1.85 bits per heavy atom. The number of fused-ring (bicyclic) bond motifs is 5. The summed E-state index contributed by atoms with van der Waals surface area (Å²) in [6.45, 7) is 1.82. The van der Waals surface area contributed by atoms with Crippen molar-refractivity contribution in [1.29, 1.82) is 0 Å². The highest BCUT2D eigenvalue weighted by Gasteiger charge is 2.66. The van der Waals surface area contributed by atoms with Gasteiger partial charge in [-0.15, -0.1) is 0 Å². The van der Waals surface area contributed by atoms with Crippen LogP contribution in [0, 0.1) is 5.92 Å². The fraction of sp³-hybridized carbons (Fsp3) is 0.348. The van der Waals surface area contributed by atoms with Gasteiger partial charge >= 0.3 is 12.2 Å². The summed E-state index contributed by atoms with van der Waals surface area (Å²) in [5.41, 5.74) is -1.10. The lowest BCUT2D eigenvalue weighted by Crippen LogP contribution is -2.55. The quantitative estimate of drug-likeness (QED) is 0.607. The summed E-state index contributed by atoms with van der Waals surface area (Å²) in [5, 5.41) is 0.527. The molecule has 2 aromatic carbocycles. The molecule has 2 aromatic rings. The SMILES string of the molecule is C[C@H]1C2[C@@H]3C(=O)N(c4cccc(C(F)(F)F)c4)C(=O)N3C1CN2C(=O)COc1ccc(Cl)cc1. The Morgan fingerprint density at radius 1 is 1.15 bits per heavy atom. The fourth-order valence-corrected chi connectivity index (χ4v) is 5.25. The van der Waals surface area contributed by atoms with E-state index in [0.717, 1.165) is 23.1 Å². The standard InChI is InChI=1S/C23H19ClF3N3O4/c1-12-17-10-28(18(31)11-34-16-7-5-14(24)6-8-16)19(12)20-21(32)29(22(33)30(17)20)15-4-2-3-13(9-15)23(25,26)27/h2-9,12,17,19-20H,10-11H2,1H3/t12-,17?,19?,20-/m1/s1. The maximum absolute atomic E-state index is 13.3. The molecule has 2 bridgehead atoms. The number of hydrogen-bond acceptors (Lipinski definition) is 4. The van der Waals surface area contributed by atoms with Gasteiger partial charge < -0.3 is 14.5 Å². The monoisotopic (exact) mass is 493 g/mol. The fourth-order valence-electron chi connectivity index (χ4n) is 5.12. The summed E-state index contributed by atoms with van der Waals surface area (Å²) >= 11 is 5.85. The number of imide groups is 1. The molecule has 4 amide bonds. The van der Waals surface area contributed by atoms with Crippen LogP contribution in [0.2, 0.25) is 5.02 Å². The molecule has 7 nitrogen and oxygen atoms in total. The van der Waals surface area contributed by atoms with Gasteiger partial charge in [-0.25, -0.2) is 9.69 Å². The van der Waals surface area contributed by atoms with E-state index in [1.54, 1.807) is 24.3 Å². The van der Waals surface area contributed by atoms with Gasteiger partial charge in [0.2, 0.25) is 0 Å². The van der Waals surface area contributed by atoms with E-state index in [4.69, 9.17) is 16.3 Å². The van der Waals surface area contributed by atoms with Gasteiger partial charge in [0.25, 0.3) is 11.8 Å². The van der Waals surface area contributed by atoms with E-state index in [-0.39, 0.29) is 30.7 Å². The van der Waals surface area contributed by atoms with Crippen molar-refractivity contribution in [2.24, 2.45) is 5.92 Å². The number of benzene rings is 2. The van der Waals surface area contributed by atoms with E-state index in [2.05, 4.69) is 0 Å². The number of urea groups is 1. The van der Waals surface area contributed by atoms with Crippen molar-refractivity contribution in [2.45, 2.75) is 31.2 Å². The van der Waals surface area contributed by atoms with Crippen molar-refractivity contribution >= 4 is 35.1 Å². The van der Waals surface area contributed by atoms with Gasteiger partial charge in [0.1, 0.15) is 11.8 Å². The number of alkyl halides is 3. The van der Waals surface area contributed by atoms with Gasteiger partial charge in [-0.05, 0) is 42.5 Å². The number of piperazine rings is 1. The molecule has 0 radical (unpaired) electrons. The molecule has 3 fully saturated rings. The van der Waals surface area contributed by atoms with E-state index < -0.39 is 41.8 Å². The zero-order valence-corrected chi connectivity index (χ0v) is 18.6. The van der Waals surface area contributed by atoms with Crippen LogP contribution in [-0.2, 0) is 15.8 Å². The highest BCUT2D eigenvalue weighted by molar-refractivity contribution is 6.30. The molecule has 0 N–H and O–H groups in total. The summed E-state index contributed by atoms with van der Waals surface area (Å²) in [4.78, 5) is 43.0. The smallest absolute Gasteiger partial charge is 0.416 e. The van der Waals surface area contributed by atoms with Crippen LogP contribution in [0.5, 0.6) is 5.75 Å². The first-order valence-corrected chi connectivity index (χ1v) is 11.0. The van der Waals surface area contributed by atoms with Crippen LogP contribution in [0.3, 0.4) is 0 Å². The van der Waals surface area contributed by atoms with Gasteiger partial charge in [0.05, 0.1) is 23.3 Å². The average molecular weight is 494 g/mol. The largest absolute Gasteiger partial charge is 0.484 e. The van der Waals surface area contributed by atoms with Gasteiger partial charge in [-0.3, -0.25) is 9.59 Å². The van der Waals surface area contributed by atoms with E-state index in [9.17, 15) is 27.6 Å². The molecule has 0 aliphatic carbocycles. The summed E-state index contributed by atoms with van der Waals surface area (Å²) in [5.74, 6) is -0.688. The maximum Gasteiger partial charge on any atom is 0.416 e. The number of carbonyl (C=O) groups is 3. The van der Waals surface area contributed by atoms with Crippen LogP contribution in [0.4, 0.5) is 23.7 Å². The lowest BCUT2D eigenvalue weighted by atomic mass is 9.99. The van der Waals surface area contributed by atoms with Crippen molar-refractivity contribution in [1.82, 2.24) is 9.80 Å². The lowest BCUT2D eigenvalue weighted by Gasteiger charge is -2.34. The van der Waals surface area contributed by atoms with Gasteiger partial charge in [-0.2, -0.15) is 13.2 Å². The minimum atomic E-state index is -4.61. The highest BCUT2D eigenvalue weighted by atomic mass is 35.5. The normalized spacial score (nSPS) is 25.9. The number of carbonyl (C=O) groups excluding carboxylic acids is 3. The molecule has 3 aliphatic heterocycles. The molecular weight excluding hydrogens is 475 g/mol. The molecule has 3 aliphatic rings. The summed E-state index contributed by atoms with van der Waals surface area (Å²) < 4.78 is 45.0. The number of amides is 4. The average Bonchev–Trinajstić information content (AvgIpc) is 3.37. The maximum atomic E-state index is 13.3. The van der Waals surface area contributed by atoms with Crippen molar-refractivity contribution in [2.75, 3.05) is 18.1 Å². The number of anilines is 1. The second-order valence-corrected chi connectivity index (χ2v) is 9.00. The predicted molar refractivity (Wildman–Crippen MR) is 115 cm³/mol. The zero-order valence-electron chi connectivity index (χ0n) is 17.8. The topological polar surface area (TPSA) is 70.2 Å². The summed E-state index contributed by atoms with van der Waals surface area (Å²) in [6.07, 6.45) is -4.61. The first-order valence-electron chi connectivity index (χ1n) is 10.6. The second-order valence-electron chi connectivity index (χ2n) is 8.56. The minimum absolute atomic E-state index is 0.143. The minimum Gasteiger partial charge on any atom is -0.484 e. The van der Waals surface area contributed by atoms with Gasteiger partial charge in [-0.1, -0.05) is 24.6 Å². The molecule has 178 valence electrons. The van der Waals surface area contributed by atoms with Gasteiger partial charge in [0, 0.05) is 17.5 Å². The molecule has 4 atom stereocenters. The molecule has 5 rings (SSSR count). The molecule has 0 aromatic heterocycles. The second kappa shape index (κ2) is 7.90. The Kier molecular flexibility index (Phi) is 5.23. The van der Waals surface area contributed by atoms with Crippen molar-refractivity contribution in [3.05, 3.63) is 59.1 Å². The molecule has 0 spiro atoms. The van der Waals surface area contributed by atoms with Crippen molar-refractivity contribution in [3.8, 4) is 5.75 Å². The van der Waals surface area contributed by atoms with Crippen molar-refractivity contribution in [3.63, 3.8) is 0 Å². The Hall–Kier alpha value is -3.27. The predicted octanol–water partition coefficient (Wildman–Crippen LogP) is 3.80. The summed E-state index contributed by atoms with van der Waals surface area (Å²) in [7, 11) is 0. The molecule has 11 heteroatoms. The highest BCUT2D eigenvalue weighted by Crippen LogP contribution is 2.46. The van der Waals surface area contributed by atoms with E-state index in [1.165, 1.54) is 15.9 Å². The van der Waals surface area contributed by atoms with Gasteiger partial charge in [0.15, 0.2) is 6.61 Å². The van der Waals surface area contributed by atoms with Crippen LogP contribution < -0.4 is 9.64 Å². The third-order valence-corrected chi connectivity index (χ3v) is 6.94. The van der Waals surface area contributed by atoms with Crippen LogP contribution in [0.1, 0.15) is 12.5 Å². The third-order valence-electron chi connectivity index (χ3n) is 6.68. The Labute approximate surface area is 197 Å². The molecule has 3 saturated heterocycles. The molecule has 2 unspecified atom stereocenters. The van der Waals surface area contributed by atoms with E-state index >= 15 is 0 Å². The molecule has 0 saturated carbocycles. The number of ether oxygens (including phenoxy) is 1. The van der Waals surface area contributed by atoms with Crippen LogP contribution in [0.25, 0.3) is 0 Å². The number of rotatable bonds is 4. The van der Waals surface area contributed by atoms with E-state index in [1.807, 2.05) is 6.92 Å². The molecular formula is C23H19ClF3N3O4. The molecule has 3 heterocycles. The first kappa shape index (κ1) is 22.5. The van der Waals surface area contributed by atoms with Crippen molar-refractivity contribution < 1.29 is 32.3 Å². The number of nitrogens with zero attached hydrogens (tertiary/aromatic N) is 3. The van der Waals surface area contributed by atoms with Crippen LogP contribution in [0.15, 0.2) is 48.5 Å². The lowest BCUT2D eigenvalue weighted by molar-refractivity contribution is -0.138. The Morgan fingerprint density at radius 3 is 2.53 bits per heavy atom. The molecule has 34 heavy (non-hydrogen) atoms. The number of halogens is 4. The Balaban J connectivity index is 1.36. The number of likely N-dealkylation sites (tertiary alicyclic amines) is 1. The summed E-state index contributed by atoms with van der Waals surface area (Å²) in [6, 6.07) is 8.01. The zero-order chi connectivity index (χ0) is 24.4. The van der Waals surface area contributed by atoms with Crippen LogP contribution >= 0.6 is 11.6 Å². The third kappa shape index (κ3) is 3.48. The Bertz CT molecular complexity index is 1170.